The first-order valence-electron chi connectivity index (χ1n) is 6.93. The fraction of sp³-hybridized carbons (Fsp3) is 0.533. The fourth-order valence-electron chi connectivity index (χ4n) is 2.77. The highest BCUT2D eigenvalue weighted by molar-refractivity contribution is 6.30. The average Bonchev–Trinajstić information content (AvgIpc) is 2.39. The predicted octanol–water partition coefficient (Wildman–Crippen LogP) is 2.52. The maximum atomic E-state index is 12.1. The molecule has 2 unspecified atom stereocenters. The van der Waals surface area contributed by atoms with Crippen molar-refractivity contribution in [3.05, 3.63) is 34.9 Å². The summed E-state index contributed by atoms with van der Waals surface area (Å²) in [7, 11) is 0. The summed E-state index contributed by atoms with van der Waals surface area (Å²) in [6, 6.07) is 7.68. The van der Waals surface area contributed by atoms with Crippen molar-refractivity contribution in [1.29, 1.82) is 0 Å². The second-order valence-corrected chi connectivity index (χ2v) is 5.70. The third-order valence-corrected chi connectivity index (χ3v) is 4.05. The van der Waals surface area contributed by atoms with E-state index >= 15 is 0 Å². The van der Waals surface area contributed by atoms with Gasteiger partial charge in [-0.15, -0.1) is 0 Å². The zero-order valence-corrected chi connectivity index (χ0v) is 11.8. The van der Waals surface area contributed by atoms with Crippen LogP contribution in [0.15, 0.2) is 24.3 Å². The maximum absolute atomic E-state index is 12.1. The van der Waals surface area contributed by atoms with Gasteiger partial charge in [-0.1, -0.05) is 36.6 Å². The zero-order valence-electron chi connectivity index (χ0n) is 11.1. The van der Waals surface area contributed by atoms with Gasteiger partial charge in [-0.25, -0.2) is 0 Å². The van der Waals surface area contributed by atoms with Gasteiger partial charge in [-0.2, -0.15) is 0 Å². The van der Waals surface area contributed by atoms with Crippen molar-refractivity contribution in [3.63, 3.8) is 0 Å². The van der Waals surface area contributed by atoms with Gasteiger partial charge in [0, 0.05) is 11.1 Å². The molecule has 1 saturated carbocycles. The Labute approximate surface area is 119 Å². The van der Waals surface area contributed by atoms with E-state index in [0.29, 0.717) is 23.9 Å². The van der Waals surface area contributed by atoms with Gasteiger partial charge in [0.2, 0.25) is 5.91 Å². The molecule has 0 aliphatic heterocycles. The minimum Gasteiger partial charge on any atom is -0.353 e. The van der Waals surface area contributed by atoms with E-state index in [1.807, 2.05) is 24.3 Å². The second-order valence-electron chi connectivity index (χ2n) is 5.26. The van der Waals surface area contributed by atoms with E-state index < -0.39 is 0 Å². The molecule has 1 amide bonds. The molecule has 0 radical (unpaired) electrons. The lowest BCUT2D eigenvalue weighted by Gasteiger charge is -2.31. The van der Waals surface area contributed by atoms with Crippen molar-refractivity contribution in [1.82, 2.24) is 5.32 Å². The summed E-state index contributed by atoms with van der Waals surface area (Å²) in [5, 5.41) is 3.80. The van der Waals surface area contributed by atoms with E-state index in [1.54, 1.807) is 0 Å². The summed E-state index contributed by atoms with van der Waals surface area (Å²) < 4.78 is 0. The molecule has 1 fully saturated rings. The lowest BCUT2D eigenvalue weighted by atomic mass is 9.84. The second kappa shape index (κ2) is 6.92. The van der Waals surface area contributed by atoms with Crippen LogP contribution in [0.3, 0.4) is 0 Å². The molecule has 104 valence electrons. The summed E-state index contributed by atoms with van der Waals surface area (Å²) in [5.41, 5.74) is 6.72. The van der Waals surface area contributed by atoms with E-state index in [0.717, 1.165) is 18.4 Å². The van der Waals surface area contributed by atoms with Crippen LogP contribution in [0.4, 0.5) is 0 Å². The normalized spacial score (nSPS) is 23.1. The van der Waals surface area contributed by atoms with Crippen molar-refractivity contribution in [2.24, 2.45) is 11.7 Å². The molecule has 1 aromatic carbocycles. The summed E-state index contributed by atoms with van der Waals surface area (Å²) in [4.78, 5) is 12.1. The lowest BCUT2D eigenvalue weighted by molar-refractivity contribution is -0.121. The third-order valence-electron chi connectivity index (χ3n) is 3.81. The van der Waals surface area contributed by atoms with Crippen LogP contribution in [-0.4, -0.2) is 18.5 Å². The Kier molecular flexibility index (Phi) is 5.23. The van der Waals surface area contributed by atoms with Crippen LogP contribution in [0.1, 0.15) is 31.2 Å². The van der Waals surface area contributed by atoms with Crippen molar-refractivity contribution in [2.75, 3.05) is 6.54 Å². The van der Waals surface area contributed by atoms with Crippen LogP contribution in [0.25, 0.3) is 0 Å². The van der Waals surface area contributed by atoms with Gasteiger partial charge in [-0.05, 0) is 43.0 Å². The monoisotopic (exact) mass is 280 g/mol. The van der Waals surface area contributed by atoms with E-state index in [2.05, 4.69) is 5.32 Å². The molecule has 3 nitrogen and oxygen atoms in total. The molecule has 19 heavy (non-hydrogen) atoms. The maximum Gasteiger partial charge on any atom is 0.224 e. The first kappa shape index (κ1) is 14.4. The largest absolute Gasteiger partial charge is 0.353 e. The Bertz CT molecular complexity index is 436. The molecule has 1 aliphatic carbocycles. The number of nitrogens with two attached hydrogens (primary N) is 1. The summed E-state index contributed by atoms with van der Waals surface area (Å²) >= 11 is 5.92. The summed E-state index contributed by atoms with van der Waals surface area (Å²) in [6.07, 6.45) is 4.96. The zero-order chi connectivity index (χ0) is 13.7. The number of carbonyl (C=O) groups is 1. The Morgan fingerprint density at radius 3 is 2.89 bits per heavy atom. The van der Waals surface area contributed by atoms with Crippen LogP contribution < -0.4 is 11.1 Å². The molecular formula is C15H21ClN2O. The number of hydrogen-bond donors (Lipinski definition) is 2. The first-order valence-corrected chi connectivity index (χ1v) is 7.30. The van der Waals surface area contributed by atoms with E-state index in [9.17, 15) is 4.79 Å². The number of halogens is 1. The minimum absolute atomic E-state index is 0.0626. The third kappa shape index (κ3) is 4.22. The van der Waals surface area contributed by atoms with Gasteiger partial charge in [0.05, 0.1) is 6.42 Å². The Morgan fingerprint density at radius 2 is 2.16 bits per heavy atom. The average molecular weight is 281 g/mol. The molecule has 4 heteroatoms. The number of carbonyl (C=O) groups excluding carboxylic acids is 1. The Hall–Kier alpha value is -1.06. The molecular weight excluding hydrogens is 260 g/mol. The standard InChI is InChI=1S/C15H21ClN2O/c16-13-6-3-4-11(8-13)9-15(19)18-14-7-2-1-5-12(14)10-17/h3-4,6,8,12,14H,1-2,5,7,9-10,17H2,(H,18,19). The van der Waals surface area contributed by atoms with Crippen molar-refractivity contribution < 1.29 is 4.79 Å². The van der Waals surface area contributed by atoms with Crippen molar-refractivity contribution in [2.45, 2.75) is 38.1 Å². The van der Waals surface area contributed by atoms with E-state index in [-0.39, 0.29) is 11.9 Å². The molecule has 0 spiro atoms. The van der Waals surface area contributed by atoms with Gasteiger partial charge < -0.3 is 11.1 Å². The Balaban J connectivity index is 1.90. The van der Waals surface area contributed by atoms with Gasteiger partial charge in [0.1, 0.15) is 0 Å². The molecule has 2 rings (SSSR count). The highest BCUT2D eigenvalue weighted by Gasteiger charge is 2.25. The Morgan fingerprint density at radius 1 is 1.37 bits per heavy atom. The van der Waals surface area contributed by atoms with Gasteiger partial charge >= 0.3 is 0 Å². The van der Waals surface area contributed by atoms with Crippen molar-refractivity contribution >= 4 is 17.5 Å². The molecule has 1 aromatic rings. The number of nitrogens with one attached hydrogen (secondary N) is 1. The van der Waals surface area contributed by atoms with E-state index in [1.165, 1.54) is 12.8 Å². The molecule has 0 heterocycles. The molecule has 3 N–H and O–H groups in total. The number of rotatable bonds is 4. The molecule has 0 bridgehead atoms. The van der Waals surface area contributed by atoms with Crippen LogP contribution in [0, 0.1) is 5.92 Å². The van der Waals surface area contributed by atoms with Gasteiger partial charge in [0.15, 0.2) is 0 Å². The summed E-state index contributed by atoms with van der Waals surface area (Å²) in [6.45, 7) is 0.655. The van der Waals surface area contributed by atoms with E-state index in [4.69, 9.17) is 17.3 Å². The SMILES string of the molecule is NCC1CCCCC1NC(=O)Cc1cccc(Cl)c1. The number of amides is 1. The molecule has 1 aliphatic rings. The van der Waals surface area contributed by atoms with Crippen LogP contribution in [0.5, 0.6) is 0 Å². The first-order chi connectivity index (χ1) is 9.19. The quantitative estimate of drug-likeness (QED) is 0.890. The topological polar surface area (TPSA) is 55.1 Å². The van der Waals surface area contributed by atoms with Crippen molar-refractivity contribution in [3.8, 4) is 0 Å². The fourth-order valence-corrected chi connectivity index (χ4v) is 2.98. The van der Waals surface area contributed by atoms with Gasteiger partial charge in [0.25, 0.3) is 0 Å². The highest BCUT2D eigenvalue weighted by Crippen LogP contribution is 2.23. The van der Waals surface area contributed by atoms with Crippen LogP contribution in [0.2, 0.25) is 5.02 Å². The number of benzene rings is 1. The van der Waals surface area contributed by atoms with Crippen LogP contribution >= 0.6 is 11.6 Å². The molecule has 0 saturated heterocycles. The van der Waals surface area contributed by atoms with Gasteiger partial charge in [-0.3, -0.25) is 4.79 Å². The molecule has 2 atom stereocenters. The number of hydrogen-bond acceptors (Lipinski definition) is 2. The lowest BCUT2D eigenvalue weighted by Crippen LogP contribution is -2.45. The van der Waals surface area contributed by atoms with Crippen LogP contribution in [-0.2, 0) is 11.2 Å². The smallest absolute Gasteiger partial charge is 0.224 e. The molecule has 0 aromatic heterocycles. The summed E-state index contributed by atoms with van der Waals surface area (Å²) in [5.74, 6) is 0.490. The highest BCUT2D eigenvalue weighted by atomic mass is 35.5. The minimum atomic E-state index is 0.0626. The predicted molar refractivity (Wildman–Crippen MR) is 78.1 cm³/mol.